The number of aliphatic hydroxyl groups is 1. The van der Waals surface area contributed by atoms with Crippen molar-refractivity contribution in [1.82, 2.24) is 0 Å². The summed E-state index contributed by atoms with van der Waals surface area (Å²) in [6.45, 7) is 13.7. The van der Waals surface area contributed by atoms with Crippen LogP contribution in [0.1, 0.15) is 69.4 Å². The van der Waals surface area contributed by atoms with Gasteiger partial charge < -0.3 is 5.11 Å². The fourth-order valence-corrected chi connectivity index (χ4v) is 12.9. The molecule has 11 aromatic carbocycles. The van der Waals surface area contributed by atoms with E-state index in [-0.39, 0.29) is 10.8 Å². The van der Waals surface area contributed by atoms with Gasteiger partial charge in [0.25, 0.3) is 0 Å². The van der Waals surface area contributed by atoms with Gasteiger partial charge in [-0.05, 0) is 187 Å². The zero-order valence-electron chi connectivity index (χ0n) is 42.4. The second-order valence-corrected chi connectivity index (χ2v) is 24.3. The molecule has 2 aliphatic rings. The molecule has 0 spiro atoms. The molecule has 0 aromatic heterocycles. The van der Waals surface area contributed by atoms with Crippen LogP contribution in [0.4, 0.5) is 0 Å². The molecule has 0 saturated heterocycles. The Morgan fingerprint density at radius 3 is 1.30 bits per heavy atom. The first-order valence-corrected chi connectivity index (χ1v) is 27.3. The summed E-state index contributed by atoms with van der Waals surface area (Å²) in [5.74, 6) is 0. The molecule has 1 nitrogen and oxygen atoms in total. The Balaban J connectivity index is 1.08. The van der Waals surface area contributed by atoms with Gasteiger partial charge >= 0.3 is 0 Å². The van der Waals surface area contributed by atoms with Crippen LogP contribution in [-0.2, 0) is 16.4 Å². The van der Waals surface area contributed by atoms with E-state index in [0.717, 1.165) is 64.2 Å². The number of hydrogen-bond donors (Lipinski definition) is 1. The van der Waals surface area contributed by atoms with E-state index in [1.165, 1.54) is 83.1 Å². The van der Waals surface area contributed by atoms with Gasteiger partial charge in [0, 0.05) is 20.1 Å². The second-order valence-electron chi connectivity index (χ2n) is 22.4. The van der Waals surface area contributed by atoms with E-state index in [4.69, 9.17) is 0 Å². The molecule has 0 saturated carbocycles. The summed E-state index contributed by atoms with van der Waals surface area (Å²) in [5.41, 5.74) is 22.7. The first-order chi connectivity index (χ1) is 35.6. The van der Waals surface area contributed by atoms with Crippen LogP contribution >= 0.6 is 31.9 Å². The first-order valence-electron chi connectivity index (χ1n) is 25.7. The molecule has 2 aliphatic carbocycles. The number of halogens is 2. The lowest BCUT2D eigenvalue weighted by Gasteiger charge is -2.28. The van der Waals surface area contributed by atoms with Gasteiger partial charge in [-0.25, -0.2) is 0 Å². The summed E-state index contributed by atoms with van der Waals surface area (Å²) in [5, 5.41) is 18.3. The minimum atomic E-state index is -1.42. The van der Waals surface area contributed by atoms with Gasteiger partial charge in [-0.1, -0.05) is 237 Å². The lowest BCUT2D eigenvalue weighted by atomic mass is 9.79. The van der Waals surface area contributed by atoms with Gasteiger partial charge in [0.15, 0.2) is 0 Å². The monoisotopic (exact) mass is 1080 g/mol. The molecule has 358 valence electrons. The lowest BCUT2D eigenvalue weighted by molar-refractivity contribution is 0.131. The molecule has 13 rings (SSSR count). The zero-order chi connectivity index (χ0) is 50.8. The molecular formula is C71H54Br2O. The van der Waals surface area contributed by atoms with Crippen molar-refractivity contribution in [2.45, 2.75) is 58.0 Å². The highest BCUT2D eigenvalue weighted by atomic mass is 79.9. The van der Waals surface area contributed by atoms with Crippen molar-refractivity contribution in [3.8, 4) is 89.0 Å². The van der Waals surface area contributed by atoms with Crippen LogP contribution in [0.2, 0.25) is 0 Å². The van der Waals surface area contributed by atoms with Gasteiger partial charge in [0.1, 0.15) is 5.60 Å². The van der Waals surface area contributed by atoms with Crippen molar-refractivity contribution in [3.63, 3.8) is 0 Å². The Labute approximate surface area is 451 Å². The van der Waals surface area contributed by atoms with Gasteiger partial charge in [-0.3, -0.25) is 0 Å². The predicted molar refractivity (Wildman–Crippen MR) is 320 cm³/mol. The molecule has 0 unspecified atom stereocenters. The molecule has 0 bridgehead atoms. The molecule has 0 atom stereocenters. The number of hydrogen-bond acceptors (Lipinski definition) is 1. The van der Waals surface area contributed by atoms with E-state index in [1.54, 1.807) is 0 Å². The minimum Gasteiger partial charge on any atom is -0.376 e. The Hall–Kier alpha value is -7.14. The maximum atomic E-state index is 13.6. The number of benzene rings is 11. The van der Waals surface area contributed by atoms with Crippen molar-refractivity contribution in [3.05, 3.63) is 249 Å². The summed E-state index contributed by atoms with van der Waals surface area (Å²) >= 11 is 7.54. The number of fused-ring (bicyclic) bond motifs is 7. The molecular weight excluding hydrogens is 1030 g/mol. The fourth-order valence-electron chi connectivity index (χ4n) is 12.1. The van der Waals surface area contributed by atoms with E-state index >= 15 is 0 Å². The summed E-state index contributed by atoms with van der Waals surface area (Å²) in [6.07, 6.45) is 0. The molecule has 0 fully saturated rings. The molecule has 3 heteroatoms. The van der Waals surface area contributed by atoms with Gasteiger partial charge in [0.05, 0.1) is 0 Å². The largest absolute Gasteiger partial charge is 0.376 e. The average molecular weight is 1080 g/mol. The summed E-state index contributed by atoms with van der Waals surface area (Å²) in [4.78, 5) is 0. The van der Waals surface area contributed by atoms with Crippen molar-refractivity contribution in [2.24, 2.45) is 0 Å². The van der Waals surface area contributed by atoms with Crippen molar-refractivity contribution >= 4 is 53.4 Å². The topological polar surface area (TPSA) is 20.2 Å². The van der Waals surface area contributed by atoms with Crippen LogP contribution in [0.3, 0.4) is 0 Å². The number of rotatable bonds is 6. The van der Waals surface area contributed by atoms with Gasteiger partial charge in [-0.15, -0.1) is 0 Å². The first kappa shape index (κ1) is 46.6. The maximum Gasteiger partial charge on any atom is 0.141 e. The molecule has 11 aromatic rings. The Morgan fingerprint density at radius 2 is 0.784 bits per heavy atom. The van der Waals surface area contributed by atoms with Crippen LogP contribution in [0.5, 0.6) is 0 Å². The Kier molecular flexibility index (Phi) is 10.8. The van der Waals surface area contributed by atoms with E-state index in [0.29, 0.717) is 0 Å². The van der Waals surface area contributed by atoms with Crippen LogP contribution in [0, 0.1) is 0 Å². The normalized spacial score (nSPS) is 13.3. The maximum absolute atomic E-state index is 13.6. The SMILES string of the molecule is CC(C)(C)c1ccc(-c2cc(-c3ccc(C(C)(C)C)cc3)cc(-c3ccc4c5c(cccc35)-c3c-4c(-c4ccccc4)c4ccc(C5(O)c6cc(Br)ccc6-c6ccc(Br)cc65)cc4c3-c3ccccc3)c2)cc1. The third kappa shape index (κ3) is 7.42. The van der Waals surface area contributed by atoms with Crippen molar-refractivity contribution < 1.29 is 5.11 Å². The van der Waals surface area contributed by atoms with E-state index < -0.39 is 5.60 Å². The van der Waals surface area contributed by atoms with Crippen molar-refractivity contribution in [1.29, 1.82) is 0 Å². The van der Waals surface area contributed by atoms with E-state index in [9.17, 15) is 5.11 Å². The molecule has 0 aliphatic heterocycles. The average Bonchev–Trinajstić information content (AvgIpc) is 3.87. The minimum absolute atomic E-state index is 0.0577. The third-order valence-electron chi connectivity index (χ3n) is 15.9. The highest BCUT2D eigenvalue weighted by Crippen LogP contribution is 2.60. The zero-order valence-corrected chi connectivity index (χ0v) is 45.6. The lowest BCUT2D eigenvalue weighted by Crippen LogP contribution is -2.26. The van der Waals surface area contributed by atoms with Crippen LogP contribution in [-0.4, -0.2) is 5.11 Å². The summed E-state index contributed by atoms with van der Waals surface area (Å²) in [7, 11) is 0. The van der Waals surface area contributed by atoms with Crippen LogP contribution in [0.25, 0.3) is 111 Å². The fraction of sp³-hybridized carbons (Fsp3) is 0.127. The van der Waals surface area contributed by atoms with Crippen LogP contribution in [0.15, 0.2) is 221 Å². The quantitative estimate of drug-likeness (QED) is 0.176. The molecule has 74 heavy (non-hydrogen) atoms. The molecule has 0 radical (unpaired) electrons. The van der Waals surface area contributed by atoms with Crippen molar-refractivity contribution in [2.75, 3.05) is 0 Å². The Bertz CT molecular complexity index is 3950. The summed E-state index contributed by atoms with van der Waals surface area (Å²) < 4.78 is 1.85. The highest BCUT2D eigenvalue weighted by molar-refractivity contribution is 9.10. The van der Waals surface area contributed by atoms with Gasteiger partial charge in [0.2, 0.25) is 0 Å². The molecule has 1 N–H and O–H groups in total. The highest BCUT2D eigenvalue weighted by Gasteiger charge is 2.44. The Morgan fingerprint density at radius 1 is 0.324 bits per heavy atom. The smallest absolute Gasteiger partial charge is 0.141 e. The molecule has 0 amide bonds. The second kappa shape index (κ2) is 17.2. The standard InChI is InChI=1S/C71H54Br2O/c1-69(2,3)49-24-20-42(21-25-49)46-36-47(43-22-26-50(27-23-43)70(4,5)6)38-48(37-46)54-34-35-60-66-57(54)18-13-19-59(66)67-65(45-16-11-8-12-17-45)61-39-51(28-31-58(61)64(68(60)67)44-14-9-7-10-15-44)71(74)62-40-52(72)29-32-55(62)56-33-30-53(73)41-63(56)71/h7-41,74H,1-6H3. The third-order valence-corrected chi connectivity index (χ3v) is 16.9. The molecule has 0 heterocycles. The summed E-state index contributed by atoms with van der Waals surface area (Å²) in [6, 6.07) is 78.2. The van der Waals surface area contributed by atoms with Crippen LogP contribution < -0.4 is 0 Å². The predicted octanol–water partition coefficient (Wildman–Crippen LogP) is 20.4. The van der Waals surface area contributed by atoms with E-state index in [1.807, 2.05) is 0 Å². The van der Waals surface area contributed by atoms with E-state index in [2.05, 4.69) is 286 Å². The van der Waals surface area contributed by atoms with Gasteiger partial charge in [-0.2, -0.15) is 0 Å².